The van der Waals surface area contributed by atoms with E-state index < -0.39 is 10.0 Å². The Morgan fingerprint density at radius 2 is 1.82 bits per heavy atom. The maximum atomic E-state index is 13.0. The van der Waals surface area contributed by atoms with E-state index in [1.54, 1.807) is 24.3 Å². The van der Waals surface area contributed by atoms with E-state index in [0.717, 1.165) is 11.1 Å². The first-order chi connectivity index (χ1) is 10.6. The lowest BCUT2D eigenvalue weighted by Crippen LogP contribution is -2.36. The van der Waals surface area contributed by atoms with E-state index in [1.165, 1.54) is 16.4 Å². The molecule has 22 heavy (non-hydrogen) atoms. The van der Waals surface area contributed by atoms with E-state index in [4.69, 9.17) is 4.74 Å². The first kappa shape index (κ1) is 15.0. The van der Waals surface area contributed by atoms with E-state index >= 15 is 0 Å². The summed E-state index contributed by atoms with van der Waals surface area (Å²) in [5, 5.41) is 0. The Balaban J connectivity index is 2.03. The van der Waals surface area contributed by atoms with Gasteiger partial charge in [-0.1, -0.05) is 30.3 Å². The lowest BCUT2D eigenvalue weighted by Gasteiger charge is -2.28. The number of hydrogen-bond donors (Lipinski definition) is 0. The second kappa shape index (κ2) is 6.06. The van der Waals surface area contributed by atoms with Gasteiger partial charge in [0.05, 0.1) is 31.2 Å². The molecule has 2 aromatic rings. The van der Waals surface area contributed by atoms with Crippen LogP contribution in [0.15, 0.2) is 48.5 Å². The van der Waals surface area contributed by atoms with Gasteiger partial charge in [0, 0.05) is 5.56 Å². The zero-order chi connectivity index (χ0) is 15.6. The van der Waals surface area contributed by atoms with Gasteiger partial charge in [0.2, 0.25) is 10.0 Å². The number of fused-ring (bicyclic) bond motifs is 1. The smallest absolute Gasteiger partial charge is 0.237 e. The van der Waals surface area contributed by atoms with Gasteiger partial charge in [-0.2, -0.15) is 0 Å². The minimum absolute atomic E-state index is 0.0669. The highest BCUT2D eigenvalue weighted by molar-refractivity contribution is 7.92. The molecule has 6 heteroatoms. The van der Waals surface area contributed by atoms with Crippen molar-refractivity contribution in [1.29, 1.82) is 0 Å². The van der Waals surface area contributed by atoms with Crippen molar-refractivity contribution in [3.63, 3.8) is 0 Å². The highest BCUT2D eigenvalue weighted by Gasteiger charge is 2.26. The van der Waals surface area contributed by atoms with Crippen molar-refractivity contribution in [2.24, 2.45) is 0 Å². The molecule has 4 nitrogen and oxygen atoms in total. The minimum Gasteiger partial charge on any atom is -0.376 e. The minimum atomic E-state index is -3.49. The van der Waals surface area contributed by atoms with E-state index in [0.29, 0.717) is 12.3 Å². The molecule has 0 bridgehead atoms. The Morgan fingerprint density at radius 1 is 1.09 bits per heavy atom. The van der Waals surface area contributed by atoms with Crippen LogP contribution in [-0.4, -0.2) is 20.8 Å². The number of anilines is 1. The van der Waals surface area contributed by atoms with Crippen LogP contribution in [-0.2, 0) is 27.9 Å². The van der Waals surface area contributed by atoms with Crippen LogP contribution in [0.3, 0.4) is 0 Å². The maximum Gasteiger partial charge on any atom is 0.237 e. The van der Waals surface area contributed by atoms with Crippen LogP contribution in [0.1, 0.15) is 11.1 Å². The molecule has 0 saturated heterocycles. The van der Waals surface area contributed by atoms with Gasteiger partial charge in [-0.25, -0.2) is 12.8 Å². The maximum absolute atomic E-state index is 13.0. The number of nitrogens with zero attached hydrogens (tertiary/aromatic N) is 1. The van der Waals surface area contributed by atoms with Gasteiger partial charge >= 0.3 is 0 Å². The SMILES string of the molecule is O=S1(=O)CCOCc2ccccc2N1Cc1ccc(F)cc1. The van der Waals surface area contributed by atoms with Crippen molar-refractivity contribution in [2.75, 3.05) is 16.7 Å². The lowest BCUT2D eigenvalue weighted by atomic mass is 10.1. The lowest BCUT2D eigenvalue weighted by molar-refractivity contribution is 0.135. The monoisotopic (exact) mass is 321 g/mol. The number of hydrogen-bond acceptors (Lipinski definition) is 3. The van der Waals surface area contributed by atoms with Crippen molar-refractivity contribution >= 4 is 15.7 Å². The van der Waals surface area contributed by atoms with Crippen LogP contribution >= 0.6 is 0 Å². The summed E-state index contributed by atoms with van der Waals surface area (Å²) in [7, 11) is -3.49. The van der Waals surface area contributed by atoms with Gasteiger partial charge in [-0.05, 0) is 23.8 Å². The summed E-state index contributed by atoms with van der Waals surface area (Å²) >= 11 is 0. The summed E-state index contributed by atoms with van der Waals surface area (Å²) in [4.78, 5) is 0. The van der Waals surface area contributed by atoms with E-state index in [-0.39, 0.29) is 24.7 Å². The van der Waals surface area contributed by atoms with Gasteiger partial charge in [-0.3, -0.25) is 4.31 Å². The molecular formula is C16H16FNO3S. The molecule has 0 aliphatic carbocycles. The summed E-state index contributed by atoms with van der Waals surface area (Å²) in [6, 6.07) is 13.1. The number of ether oxygens (including phenoxy) is 1. The fraction of sp³-hybridized carbons (Fsp3) is 0.250. The van der Waals surface area contributed by atoms with Crippen molar-refractivity contribution in [2.45, 2.75) is 13.2 Å². The van der Waals surface area contributed by atoms with Crippen molar-refractivity contribution in [1.82, 2.24) is 0 Å². The zero-order valence-corrected chi connectivity index (χ0v) is 12.7. The van der Waals surface area contributed by atoms with Gasteiger partial charge in [0.15, 0.2) is 0 Å². The van der Waals surface area contributed by atoms with Crippen LogP contribution in [0.4, 0.5) is 10.1 Å². The average Bonchev–Trinajstić information content (AvgIpc) is 2.50. The second-order valence-electron chi connectivity index (χ2n) is 5.13. The molecule has 2 aromatic carbocycles. The topological polar surface area (TPSA) is 46.6 Å². The molecule has 0 fully saturated rings. The summed E-state index contributed by atoms with van der Waals surface area (Å²) in [5.41, 5.74) is 2.18. The van der Waals surface area contributed by atoms with Crippen molar-refractivity contribution < 1.29 is 17.5 Å². The molecule has 0 spiro atoms. The third-order valence-corrected chi connectivity index (χ3v) is 5.26. The van der Waals surface area contributed by atoms with Crippen LogP contribution in [0.2, 0.25) is 0 Å². The Bertz CT molecular complexity index is 759. The highest BCUT2D eigenvalue weighted by Crippen LogP contribution is 2.28. The number of halogens is 1. The molecule has 0 aromatic heterocycles. The molecule has 3 rings (SSSR count). The summed E-state index contributed by atoms with van der Waals surface area (Å²) in [6.45, 7) is 0.724. The molecule has 0 amide bonds. The van der Waals surface area contributed by atoms with Crippen molar-refractivity contribution in [3.05, 3.63) is 65.5 Å². The first-order valence-electron chi connectivity index (χ1n) is 6.97. The van der Waals surface area contributed by atoms with Gasteiger partial charge in [0.1, 0.15) is 5.82 Å². The summed E-state index contributed by atoms with van der Waals surface area (Å²) in [5.74, 6) is -0.407. The predicted octanol–water partition coefficient (Wildman–Crippen LogP) is 2.69. The van der Waals surface area contributed by atoms with E-state index in [9.17, 15) is 12.8 Å². The molecule has 0 N–H and O–H groups in total. The third-order valence-electron chi connectivity index (χ3n) is 3.58. The molecule has 1 aliphatic heterocycles. The Labute approximate surface area is 129 Å². The number of sulfonamides is 1. The van der Waals surface area contributed by atoms with E-state index in [2.05, 4.69) is 0 Å². The van der Waals surface area contributed by atoms with Gasteiger partial charge in [0.25, 0.3) is 0 Å². The standard InChI is InChI=1S/C16H16FNO3S/c17-15-7-5-13(6-8-15)11-18-16-4-2-1-3-14(16)12-21-9-10-22(18,19)20/h1-8H,9-12H2. The van der Waals surface area contributed by atoms with Crippen molar-refractivity contribution in [3.8, 4) is 0 Å². The number of benzene rings is 2. The Hall–Kier alpha value is -1.92. The van der Waals surface area contributed by atoms with Crippen LogP contribution < -0.4 is 4.31 Å². The Morgan fingerprint density at radius 3 is 2.59 bits per heavy atom. The fourth-order valence-corrected chi connectivity index (χ4v) is 3.79. The van der Waals surface area contributed by atoms with E-state index in [1.807, 2.05) is 12.1 Å². The average molecular weight is 321 g/mol. The summed E-state index contributed by atoms with van der Waals surface area (Å²) in [6.07, 6.45) is 0. The fourth-order valence-electron chi connectivity index (χ4n) is 2.42. The van der Waals surface area contributed by atoms with Crippen LogP contribution in [0, 0.1) is 5.82 Å². The van der Waals surface area contributed by atoms with Gasteiger partial charge in [-0.15, -0.1) is 0 Å². The van der Waals surface area contributed by atoms with Crippen LogP contribution in [0.5, 0.6) is 0 Å². The molecular weight excluding hydrogens is 305 g/mol. The second-order valence-corrected chi connectivity index (χ2v) is 7.14. The number of para-hydroxylation sites is 1. The normalized spacial score (nSPS) is 17.4. The van der Waals surface area contributed by atoms with Crippen LogP contribution in [0.25, 0.3) is 0 Å². The molecule has 0 saturated carbocycles. The first-order valence-corrected chi connectivity index (χ1v) is 8.58. The summed E-state index contributed by atoms with van der Waals surface area (Å²) < 4.78 is 44.9. The largest absolute Gasteiger partial charge is 0.376 e. The molecule has 0 atom stereocenters. The molecule has 1 aliphatic rings. The number of rotatable bonds is 2. The quantitative estimate of drug-likeness (QED) is 0.854. The Kier molecular flexibility index (Phi) is 4.13. The molecule has 0 radical (unpaired) electrons. The van der Waals surface area contributed by atoms with Gasteiger partial charge < -0.3 is 4.74 Å². The predicted molar refractivity (Wildman–Crippen MR) is 82.5 cm³/mol. The molecule has 1 heterocycles. The zero-order valence-electron chi connectivity index (χ0n) is 11.9. The molecule has 116 valence electrons. The highest BCUT2D eigenvalue weighted by atomic mass is 32.2. The third kappa shape index (κ3) is 3.13. The molecule has 0 unspecified atom stereocenters.